The van der Waals surface area contributed by atoms with Gasteiger partial charge in [-0.3, -0.25) is 0 Å². The molecule has 4 heteroatoms. The molecule has 0 aliphatic carbocycles. The number of ether oxygens (including phenoxy) is 1. The smallest absolute Gasteiger partial charge is 0.383 e. The maximum atomic E-state index is 10.7. The van der Waals surface area contributed by atoms with E-state index in [0.717, 1.165) is 12.8 Å². The zero-order valence-electron chi connectivity index (χ0n) is 8.22. The zero-order chi connectivity index (χ0) is 10.1. The quantitative estimate of drug-likeness (QED) is 0.495. The number of hydrogen-bond acceptors (Lipinski definition) is 3. The summed E-state index contributed by atoms with van der Waals surface area (Å²) in [6.07, 6.45) is 5.75. The highest BCUT2D eigenvalue weighted by atomic mass is 35.7. The molecule has 0 aromatic rings. The SMILES string of the molecule is CCCCCCC(C)OC(=O)SCl. The van der Waals surface area contributed by atoms with Gasteiger partial charge in [0, 0.05) is 0 Å². The van der Waals surface area contributed by atoms with Crippen molar-refractivity contribution in [2.24, 2.45) is 0 Å². The summed E-state index contributed by atoms with van der Waals surface area (Å²) in [4.78, 5) is 10.7. The lowest BCUT2D eigenvalue weighted by atomic mass is 10.1. The van der Waals surface area contributed by atoms with Gasteiger partial charge in [0.25, 0.3) is 0 Å². The largest absolute Gasteiger partial charge is 0.454 e. The number of halogens is 1. The highest BCUT2D eigenvalue weighted by molar-refractivity contribution is 8.32. The second-order valence-electron chi connectivity index (χ2n) is 3.10. The number of carbonyl (C=O) groups is 1. The molecule has 78 valence electrons. The van der Waals surface area contributed by atoms with Crippen LogP contribution in [0, 0.1) is 0 Å². The van der Waals surface area contributed by atoms with E-state index in [0.29, 0.717) is 11.0 Å². The highest BCUT2D eigenvalue weighted by Crippen LogP contribution is 2.14. The van der Waals surface area contributed by atoms with Gasteiger partial charge in [-0.15, -0.1) is 0 Å². The molecule has 0 bridgehead atoms. The minimum Gasteiger partial charge on any atom is -0.454 e. The van der Waals surface area contributed by atoms with Gasteiger partial charge in [0.1, 0.15) is 0 Å². The summed E-state index contributed by atoms with van der Waals surface area (Å²) in [5.74, 6) is 0. The summed E-state index contributed by atoms with van der Waals surface area (Å²) in [5, 5.41) is -0.398. The van der Waals surface area contributed by atoms with Crippen LogP contribution in [0.4, 0.5) is 4.79 Å². The van der Waals surface area contributed by atoms with E-state index in [-0.39, 0.29) is 6.10 Å². The summed E-state index contributed by atoms with van der Waals surface area (Å²) in [6.45, 7) is 4.07. The first-order valence-corrected chi connectivity index (χ1v) is 6.34. The van der Waals surface area contributed by atoms with Gasteiger partial charge in [-0.2, -0.15) is 0 Å². The number of unbranched alkanes of at least 4 members (excludes halogenated alkanes) is 3. The van der Waals surface area contributed by atoms with E-state index >= 15 is 0 Å². The fraction of sp³-hybridized carbons (Fsp3) is 0.889. The minimum atomic E-state index is -0.398. The van der Waals surface area contributed by atoms with Crippen molar-refractivity contribution in [1.82, 2.24) is 0 Å². The van der Waals surface area contributed by atoms with E-state index in [1.54, 1.807) is 0 Å². The third-order valence-electron chi connectivity index (χ3n) is 1.82. The predicted octanol–water partition coefficient (Wildman–Crippen LogP) is 4.37. The van der Waals surface area contributed by atoms with E-state index in [1.165, 1.54) is 19.3 Å². The topological polar surface area (TPSA) is 26.3 Å². The molecule has 0 saturated carbocycles. The Kier molecular flexibility index (Phi) is 8.77. The van der Waals surface area contributed by atoms with Crippen molar-refractivity contribution < 1.29 is 9.53 Å². The molecule has 0 saturated heterocycles. The fourth-order valence-electron chi connectivity index (χ4n) is 1.10. The van der Waals surface area contributed by atoms with Crippen LogP contribution in [0.3, 0.4) is 0 Å². The van der Waals surface area contributed by atoms with Gasteiger partial charge < -0.3 is 4.74 Å². The third kappa shape index (κ3) is 8.44. The molecule has 0 N–H and O–H groups in total. The first kappa shape index (κ1) is 13.1. The van der Waals surface area contributed by atoms with E-state index in [9.17, 15) is 4.79 Å². The Morgan fingerprint density at radius 2 is 2.15 bits per heavy atom. The van der Waals surface area contributed by atoms with Crippen molar-refractivity contribution in [3.8, 4) is 0 Å². The second kappa shape index (κ2) is 8.70. The van der Waals surface area contributed by atoms with Crippen molar-refractivity contribution in [3.05, 3.63) is 0 Å². The number of rotatable bonds is 6. The monoisotopic (exact) mass is 224 g/mol. The lowest BCUT2D eigenvalue weighted by Crippen LogP contribution is -2.10. The second-order valence-corrected chi connectivity index (χ2v) is 4.06. The minimum absolute atomic E-state index is 0.00407. The molecule has 0 aromatic heterocycles. The van der Waals surface area contributed by atoms with Crippen LogP contribution in [0.5, 0.6) is 0 Å². The molecule has 0 radical (unpaired) electrons. The van der Waals surface area contributed by atoms with Crippen LogP contribution in [0.2, 0.25) is 0 Å². The average Bonchev–Trinajstić information content (AvgIpc) is 2.12. The Bertz CT molecular complexity index is 142. The number of hydrogen-bond donors (Lipinski definition) is 0. The lowest BCUT2D eigenvalue weighted by molar-refractivity contribution is 0.126. The van der Waals surface area contributed by atoms with Crippen molar-refractivity contribution in [3.63, 3.8) is 0 Å². The fourth-order valence-corrected chi connectivity index (χ4v) is 1.41. The Hall–Kier alpha value is 0.110. The summed E-state index contributed by atoms with van der Waals surface area (Å²) < 4.78 is 4.97. The molecule has 0 fully saturated rings. The van der Waals surface area contributed by atoms with Crippen molar-refractivity contribution >= 4 is 27.0 Å². The Labute approximate surface area is 88.9 Å². The molecule has 0 heterocycles. The standard InChI is InChI=1S/C9H17ClO2S/c1-3-4-5-6-7-8(2)12-9(11)13-10/h8H,3-7H2,1-2H3. The van der Waals surface area contributed by atoms with Gasteiger partial charge in [-0.25, -0.2) is 4.79 Å². The van der Waals surface area contributed by atoms with Gasteiger partial charge in [-0.1, -0.05) is 26.2 Å². The van der Waals surface area contributed by atoms with E-state index in [2.05, 4.69) is 6.92 Å². The molecule has 0 amide bonds. The Morgan fingerprint density at radius 3 is 2.69 bits per heavy atom. The summed E-state index contributed by atoms with van der Waals surface area (Å²) in [5.41, 5.74) is 0. The summed E-state index contributed by atoms with van der Waals surface area (Å²) in [6, 6.07) is 0. The first-order valence-electron chi connectivity index (χ1n) is 4.70. The molecule has 0 rings (SSSR count). The van der Waals surface area contributed by atoms with Crippen LogP contribution in [0.1, 0.15) is 46.0 Å². The molecule has 2 nitrogen and oxygen atoms in total. The van der Waals surface area contributed by atoms with Gasteiger partial charge in [0.05, 0.1) is 17.1 Å². The van der Waals surface area contributed by atoms with E-state index in [1.807, 2.05) is 6.92 Å². The van der Waals surface area contributed by atoms with Crippen LogP contribution >= 0.6 is 21.7 Å². The molecule has 13 heavy (non-hydrogen) atoms. The van der Waals surface area contributed by atoms with Crippen LogP contribution in [-0.4, -0.2) is 11.4 Å². The predicted molar refractivity (Wildman–Crippen MR) is 58.1 cm³/mol. The lowest BCUT2D eigenvalue weighted by Gasteiger charge is -2.10. The number of carbonyl (C=O) groups excluding carboxylic acids is 1. The zero-order valence-corrected chi connectivity index (χ0v) is 9.79. The molecular weight excluding hydrogens is 208 g/mol. The molecular formula is C9H17ClO2S. The van der Waals surface area contributed by atoms with Gasteiger partial charge >= 0.3 is 5.30 Å². The highest BCUT2D eigenvalue weighted by Gasteiger charge is 2.08. The Morgan fingerprint density at radius 1 is 1.46 bits per heavy atom. The van der Waals surface area contributed by atoms with Crippen molar-refractivity contribution in [2.45, 2.75) is 52.1 Å². The van der Waals surface area contributed by atoms with E-state index in [4.69, 9.17) is 15.4 Å². The van der Waals surface area contributed by atoms with Gasteiger partial charge in [0.2, 0.25) is 0 Å². The van der Waals surface area contributed by atoms with E-state index < -0.39 is 5.30 Å². The first-order chi connectivity index (χ1) is 6.20. The van der Waals surface area contributed by atoms with Gasteiger partial charge in [-0.05, 0) is 30.4 Å². The maximum Gasteiger partial charge on any atom is 0.383 e. The molecule has 1 unspecified atom stereocenters. The molecule has 0 aromatic carbocycles. The van der Waals surface area contributed by atoms with Crippen molar-refractivity contribution in [2.75, 3.05) is 0 Å². The summed E-state index contributed by atoms with van der Waals surface area (Å²) in [7, 11) is 5.83. The van der Waals surface area contributed by atoms with Crippen LogP contribution in [0.15, 0.2) is 0 Å². The van der Waals surface area contributed by atoms with Crippen LogP contribution in [0.25, 0.3) is 0 Å². The average molecular weight is 225 g/mol. The molecule has 1 atom stereocenters. The molecule has 0 spiro atoms. The van der Waals surface area contributed by atoms with Crippen LogP contribution < -0.4 is 0 Å². The Balaban J connectivity index is 3.29. The maximum absolute atomic E-state index is 10.7. The summed E-state index contributed by atoms with van der Waals surface area (Å²) >= 11 is 0. The van der Waals surface area contributed by atoms with Crippen LogP contribution in [-0.2, 0) is 4.74 Å². The normalized spacial score (nSPS) is 12.5. The molecule has 0 aliphatic heterocycles. The third-order valence-corrected chi connectivity index (χ3v) is 2.42. The van der Waals surface area contributed by atoms with Crippen molar-refractivity contribution in [1.29, 1.82) is 0 Å². The van der Waals surface area contributed by atoms with Gasteiger partial charge in [0.15, 0.2) is 0 Å². The molecule has 0 aliphatic rings.